The van der Waals surface area contributed by atoms with Crippen LogP contribution < -0.4 is 4.74 Å². The van der Waals surface area contributed by atoms with Crippen molar-refractivity contribution in [3.05, 3.63) is 28.8 Å². The van der Waals surface area contributed by atoms with E-state index in [1.165, 1.54) is 29.5 Å². The summed E-state index contributed by atoms with van der Waals surface area (Å²) in [5.41, 5.74) is 4.34. The maximum Gasteiger partial charge on any atom is 0.122 e. The van der Waals surface area contributed by atoms with E-state index < -0.39 is 0 Å². The van der Waals surface area contributed by atoms with Crippen molar-refractivity contribution in [1.29, 1.82) is 0 Å². The third-order valence-corrected chi connectivity index (χ3v) is 2.47. The van der Waals surface area contributed by atoms with Crippen molar-refractivity contribution >= 4 is 0 Å². The second-order valence-electron chi connectivity index (χ2n) is 3.04. The smallest absolute Gasteiger partial charge is 0.122 e. The molecule has 0 spiro atoms. The first-order valence-corrected chi connectivity index (χ1v) is 3.98. The molecular formula is C10H12O. The van der Waals surface area contributed by atoms with Gasteiger partial charge in [0.2, 0.25) is 0 Å². The quantitative estimate of drug-likeness (QED) is 0.592. The van der Waals surface area contributed by atoms with Gasteiger partial charge in [0, 0.05) is 0 Å². The number of methoxy groups -OCH3 is 1. The molecule has 58 valence electrons. The monoisotopic (exact) mass is 148 g/mol. The molecule has 0 bridgehead atoms. The van der Waals surface area contributed by atoms with E-state index in [-0.39, 0.29) is 0 Å². The van der Waals surface area contributed by atoms with Crippen LogP contribution in [-0.2, 0) is 12.8 Å². The zero-order valence-electron chi connectivity index (χ0n) is 6.98. The van der Waals surface area contributed by atoms with Crippen molar-refractivity contribution in [1.82, 2.24) is 0 Å². The zero-order chi connectivity index (χ0) is 7.84. The summed E-state index contributed by atoms with van der Waals surface area (Å²) in [6.45, 7) is 2.16. The third-order valence-electron chi connectivity index (χ3n) is 2.47. The molecule has 1 nitrogen and oxygen atoms in total. The van der Waals surface area contributed by atoms with Crippen LogP contribution in [0.3, 0.4) is 0 Å². The Labute approximate surface area is 67.0 Å². The first-order chi connectivity index (χ1) is 5.33. The molecule has 1 heteroatoms. The van der Waals surface area contributed by atoms with Gasteiger partial charge >= 0.3 is 0 Å². The summed E-state index contributed by atoms with van der Waals surface area (Å²) in [5.74, 6) is 1.07. The lowest BCUT2D eigenvalue weighted by Crippen LogP contribution is -2.11. The van der Waals surface area contributed by atoms with Crippen molar-refractivity contribution in [2.75, 3.05) is 7.11 Å². The highest BCUT2D eigenvalue weighted by molar-refractivity contribution is 5.50. The fourth-order valence-corrected chi connectivity index (χ4v) is 1.68. The Morgan fingerprint density at radius 1 is 1.18 bits per heavy atom. The Balaban J connectivity index is 2.55. The number of fused-ring (bicyclic) bond motifs is 1. The van der Waals surface area contributed by atoms with Crippen LogP contribution >= 0.6 is 0 Å². The molecular weight excluding hydrogens is 136 g/mol. The van der Waals surface area contributed by atoms with Crippen molar-refractivity contribution in [2.45, 2.75) is 19.8 Å². The summed E-state index contributed by atoms with van der Waals surface area (Å²) in [6.07, 6.45) is 2.43. The zero-order valence-corrected chi connectivity index (χ0v) is 6.98. The molecule has 0 saturated carbocycles. The van der Waals surface area contributed by atoms with Crippen LogP contribution in [0.4, 0.5) is 0 Å². The minimum Gasteiger partial charge on any atom is -0.496 e. The lowest BCUT2D eigenvalue weighted by atomic mass is 9.84. The van der Waals surface area contributed by atoms with Crippen LogP contribution in [0.15, 0.2) is 12.1 Å². The molecule has 1 aromatic rings. The highest BCUT2D eigenvalue weighted by Crippen LogP contribution is 2.33. The fraction of sp³-hybridized carbons (Fsp3) is 0.400. The predicted octanol–water partition coefficient (Wildman–Crippen LogP) is 2.10. The number of aryl methyl sites for hydroxylation is 1. The molecule has 0 N–H and O–H groups in total. The van der Waals surface area contributed by atoms with Gasteiger partial charge in [-0.05, 0) is 42.5 Å². The topological polar surface area (TPSA) is 9.23 Å². The van der Waals surface area contributed by atoms with E-state index >= 15 is 0 Å². The van der Waals surface area contributed by atoms with Gasteiger partial charge in [-0.2, -0.15) is 0 Å². The first-order valence-electron chi connectivity index (χ1n) is 3.98. The van der Waals surface area contributed by atoms with Gasteiger partial charge in [-0.1, -0.05) is 6.07 Å². The summed E-state index contributed by atoms with van der Waals surface area (Å²) in [7, 11) is 1.74. The molecule has 0 aromatic heterocycles. The Bertz CT molecular complexity index is 289. The maximum absolute atomic E-state index is 5.23. The molecule has 0 fully saturated rings. The van der Waals surface area contributed by atoms with E-state index in [2.05, 4.69) is 19.1 Å². The van der Waals surface area contributed by atoms with Crippen molar-refractivity contribution < 1.29 is 4.74 Å². The average Bonchev–Trinajstić information content (AvgIpc) is 1.93. The van der Waals surface area contributed by atoms with E-state index in [9.17, 15) is 0 Å². The molecule has 1 aromatic carbocycles. The van der Waals surface area contributed by atoms with Crippen LogP contribution in [0.1, 0.15) is 16.7 Å². The van der Waals surface area contributed by atoms with Crippen LogP contribution in [0.5, 0.6) is 5.75 Å². The molecule has 0 atom stereocenters. The van der Waals surface area contributed by atoms with Crippen molar-refractivity contribution in [3.63, 3.8) is 0 Å². The second kappa shape index (κ2) is 2.26. The molecule has 0 radical (unpaired) electrons. The van der Waals surface area contributed by atoms with Crippen molar-refractivity contribution in [2.24, 2.45) is 0 Å². The lowest BCUT2D eigenvalue weighted by Gasteiger charge is -2.23. The molecule has 1 aliphatic carbocycles. The number of hydrogen-bond donors (Lipinski definition) is 0. The SMILES string of the molecule is COc1ccc(C)c2c1CC2. The first kappa shape index (κ1) is 6.71. The molecule has 11 heavy (non-hydrogen) atoms. The van der Waals surface area contributed by atoms with Crippen molar-refractivity contribution in [3.8, 4) is 5.75 Å². The molecule has 1 aliphatic rings. The maximum atomic E-state index is 5.23. The van der Waals surface area contributed by atoms with E-state index in [1.54, 1.807) is 7.11 Å². The fourth-order valence-electron chi connectivity index (χ4n) is 1.68. The summed E-state index contributed by atoms with van der Waals surface area (Å²) >= 11 is 0. The van der Waals surface area contributed by atoms with Crippen LogP contribution in [0.2, 0.25) is 0 Å². The molecule has 0 aliphatic heterocycles. The summed E-state index contributed by atoms with van der Waals surface area (Å²) in [5, 5.41) is 0. The third kappa shape index (κ3) is 0.839. The van der Waals surface area contributed by atoms with Gasteiger partial charge in [-0.15, -0.1) is 0 Å². The molecule has 2 rings (SSSR count). The Morgan fingerprint density at radius 2 is 1.91 bits per heavy atom. The Hall–Kier alpha value is -0.980. The minimum atomic E-state index is 1.07. The van der Waals surface area contributed by atoms with E-state index in [0.29, 0.717) is 0 Å². The Morgan fingerprint density at radius 3 is 2.45 bits per heavy atom. The standard InChI is InChI=1S/C10H12O/c1-7-3-6-10(11-2)9-5-4-8(7)9/h3,6H,4-5H2,1-2H3. The van der Waals surface area contributed by atoms with E-state index in [4.69, 9.17) is 4.74 Å². The van der Waals surface area contributed by atoms with E-state index in [0.717, 1.165) is 5.75 Å². The van der Waals surface area contributed by atoms with Gasteiger partial charge < -0.3 is 4.74 Å². The summed E-state index contributed by atoms with van der Waals surface area (Å²) in [4.78, 5) is 0. The number of rotatable bonds is 1. The van der Waals surface area contributed by atoms with Gasteiger partial charge in [0.1, 0.15) is 5.75 Å². The van der Waals surface area contributed by atoms with Crippen LogP contribution in [0.25, 0.3) is 0 Å². The normalized spacial score (nSPS) is 13.6. The molecule has 0 heterocycles. The summed E-state index contributed by atoms with van der Waals surface area (Å²) < 4.78 is 5.23. The number of benzene rings is 1. The summed E-state index contributed by atoms with van der Waals surface area (Å²) in [6, 6.07) is 4.20. The molecule has 0 unspecified atom stereocenters. The highest BCUT2D eigenvalue weighted by atomic mass is 16.5. The number of hydrogen-bond acceptors (Lipinski definition) is 1. The lowest BCUT2D eigenvalue weighted by molar-refractivity contribution is 0.405. The van der Waals surface area contributed by atoms with Gasteiger partial charge in [-0.3, -0.25) is 0 Å². The predicted molar refractivity (Wildman–Crippen MR) is 45.1 cm³/mol. The van der Waals surface area contributed by atoms with Gasteiger partial charge in [0.15, 0.2) is 0 Å². The van der Waals surface area contributed by atoms with E-state index in [1.807, 2.05) is 0 Å². The van der Waals surface area contributed by atoms with Crippen LogP contribution in [0, 0.1) is 6.92 Å². The minimum absolute atomic E-state index is 1.07. The van der Waals surface area contributed by atoms with Gasteiger partial charge in [-0.25, -0.2) is 0 Å². The van der Waals surface area contributed by atoms with Gasteiger partial charge in [0.05, 0.1) is 7.11 Å². The van der Waals surface area contributed by atoms with Crippen LogP contribution in [-0.4, -0.2) is 7.11 Å². The Kier molecular flexibility index (Phi) is 1.38. The average molecular weight is 148 g/mol. The highest BCUT2D eigenvalue weighted by Gasteiger charge is 2.19. The molecule has 0 amide bonds. The number of ether oxygens (including phenoxy) is 1. The second-order valence-corrected chi connectivity index (χ2v) is 3.04. The largest absolute Gasteiger partial charge is 0.496 e. The van der Waals surface area contributed by atoms with Gasteiger partial charge in [0.25, 0.3) is 0 Å². The molecule has 0 saturated heterocycles.